The van der Waals surface area contributed by atoms with Crippen LogP contribution in [-0.2, 0) is 0 Å². The second-order valence-electron chi connectivity index (χ2n) is 4.80. The summed E-state index contributed by atoms with van der Waals surface area (Å²) < 4.78 is 0. The van der Waals surface area contributed by atoms with Crippen LogP contribution in [0, 0.1) is 27.7 Å². The van der Waals surface area contributed by atoms with E-state index in [-0.39, 0.29) is 5.91 Å². The zero-order valence-corrected chi connectivity index (χ0v) is 12.1. The van der Waals surface area contributed by atoms with Crippen LogP contribution in [-0.4, -0.2) is 15.9 Å². The molecule has 0 unspecified atom stereocenters. The molecule has 0 atom stereocenters. The number of carbonyl (C=O) groups excluding carboxylic acids is 1. The molecule has 0 aliphatic rings. The van der Waals surface area contributed by atoms with E-state index in [1.54, 1.807) is 6.07 Å². The van der Waals surface area contributed by atoms with Gasteiger partial charge in [-0.05, 0) is 51.0 Å². The van der Waals surface area contributed by atoms with E-state index in [0.717, 1.165) is 22.5 Å². The number of rotatable bonds is 3. The van der Waals surface area contributed by atoms with Crippen molar-refractivity contribution in [2.24, 2.45) is 0 Å². The van der Waals surface area contributed by atoms with Gasteiger partial charge >= 0.3 is 0 Å². The predicted octanol–water partition coefficient (Wildman–Crippen LogP) is 2.47. The van der Waals surface area contributed by atoms with Crippen molar-refractivity contribution in [3.05, 3.63) is 52.3 Å². The topological polar surface area (TPSA) is 66.9 Å². The van der Waals surface area contributed by atoms with E-state index >= 15 is 0 Å². The molecular weight excluding hydrogens is 252 g/mol. The molecule has 104 valence electrons. The summed E-state index contributed by atoms with van der Waals surface area (Å²) in [6.07, 6.45) is 0. The second-order valence-corrected chi connectivity index (χ2v) is 4.80. The molecule has 2 rings (SSSR count). The number of nitrogens with zero attached hydrogens (tertiary/aromatic N) is 2. The molecule has 0 fully saturated rings. The van der Waals surface area contributed by atoms with Crippen LogP contribution in [0.15, 0.2) is 24.3 Å². The summed E-state index contributed by atoms with van der Waals surface area (Å²) in [6.45, 7) is 7.67. The maximum Gasteiger partial charge on any atom is 0.269 e. The first-order valence-corrected chi connectivity index (χ1v) is 6.42. The molecule has 2 aromatic rings. The van der Waals surface area contributed by atoms with Crippen molar-refractivity contribution in [3.8, 4) is 0 Å². The van der Waals surface area contributed by atoms with Crippen molar-refractivity contribution < 1.29 is 4.79 Å². The van der Waals surface area contributed by atoms with E-state index in [2.05, 4.69) is 20.8 Å². The van der Waals surface area contributed by atoms with Gasteiger partial charge in [-0.3, -0.25) is 15.6 Å². The highest BCUT2D eigenvalue weighted by molar-refractivity contribution is 5.96. The van der Waals surface area contributed by atoms with Crippen molar-refractivity contribution >= 4 is 11.9 Å². The van der Waals surface area contributed by atoms with Gasteiger partial charge in [0.15, 0.2) is 0 Å². The summed E-state index contributed by atoms with van der Waals surface area (Å²) in [4.78, 5) is 20.5. The molecule has 0 spiro atoms. The van der Waals surface area contributed by atoms with Crippen LogP contribution in [0.4, 0.5) is 5.95 Å². The fraction of sp³-hybridized carbons (Fsp3) is 0.267. The number of aryl methyl sites for hydroxylation is 3. The Morgan fingerprint density at radius 2 is 1.70 bits per heavy atom. The number of anilines is 1. The minimum atomic E-state index is -0.200. The molecule has 0 aliphatic carbocycles. The Hall–Kier alpha value is -2.43. The molecule has 5 heteroatoms. The molecule has 0 radical (unpaired) electrons. The maximum atomic E-state index is 12.1. The lowest BCUT2D eigenvalue weighted by Crippen LogP contribution is -2.31. The number of benzene rings is 1. The lowest BCUT2D eigenvalue weighted by atomic mass is 10.0. The monoisotopic (exact) mass is 270 g/mol. The van der Waals surface area contributed by atoms with Gasteiger partial charge in [-0.25, -0.2) is 9.97 Å². The first-order chi connectivity index (χ1) is 9.47. The van der Waals surface area contributed by atoms with Gasteiger partial charge in [-0.2, -0.15) is 0 Å². The van der Waals surface area contributed by atoms with E-state index in [1.165, 1.54) is 0 Å². The van der Waals surface area contributed by atoms with Crippen LogP contribution >= 0.6 is 0 Å². The fourth-order valence-corrected chi connectivity index (χ4v) is 1.96. The third-order valence-electron chi connectivity index (χ3n) is 3.12. The molecule has 1 aromatic heterocycles. The van der Waals surface area contributed by atoms with Crippen LogP contribution in [0.1, 0.15) is 32.9 Å². The van der Waals surface area contributed by atoms with Crippen molar-refractivity contribution in [3.63, 3.8) is 0 Å². The van der Waals surface area contributed by atoms with E-state index in [9.17, 15) is 4.79 Å². The summed E-state index contributed by atoms with van der Waals surface area (Å²) in [5.74, 6) is 0.190. The molecule has 5 nitrogen and oxygen atoms in total. The van der Waals surface area contributed by atoms with E-state index in [1.807, 2.05) is 45.9 Å². The number of hydrogen-bond acceptors (Lipinski definition) is 4. The van der Waals surface area contributed by atoms with Gasteiger partial charge in [0.2, 0.25) is 5.95 Å². The molecular formula is C15H18N4O. The Morgan fingerprint density at radius 3 is 2.35 bits per heavy atom. The van der Waals surface area contributed by atoms with E-state index in [4.69, 9.17) is 0 Å². The number of nitrogens with one attached hydrogen (secondary N) is 2. The minimum Gasteiger partial charge on any atom is -0.267 e. The largest absolute Gasteiger partial charge is 0.269 e. The summed E-state index contributed by atoms with van der Waals surface area (Å²) in [7, 11) is 0. The normalized spacial score (nSPS) is 10.2. The van der Waals surface area contributed by atoms with E-state index in [0.29, 0.717) is 11.5 Å². The van der Waals surface area contributed by atoms with Crippen LogP contribution in [0.2, 0.25) is 0 Å². The molecule has 1 aromatic carbocycles. The number of hydrazine groups is 1. The van der Waals surface area contributed by atoms with Gasteiger partial charge in [0.1, 0.15) is 0 Å². The van der Waals surface area contributed by atoms with Crippen LogP contribution < -0.4 is 10.9 Å². The Bertz CT molecular complexity index is 632. The fourth-order valence-electron chi connectivity index (χ4n) is 1.96. The highest BCUT2D eigenvalue weighted by atomic mass is 16.2. The molecule has 0 saturated heterocycles. The standard InChI is InChI=1S/C15H18N4O/c1-9-6-5-7-13(12(9)4)14(20)18-19-15-16-10(2)8-11(3)17-15/h5-8H,1-4H3,(H,18,20)(H,16,17,19). The molecule has 0 aliphatic heterocycles. The lowest BCUT2D eigenvalue weighted by Gasteiger charge is -2.11. The van der Waals surface area contributed by atoms with Gasteiger partial charge in [0, 0.05) is 17.0 Å². The summed E-state index contributed by atoms with van der Waals surface area (Å²) in [6, 6.07) is 7.51. The third-order valence-corrected chi connectivity index (χ3v) is 3.12. The summed E-state index contributed by atoms with van der Waals surface area (Å²) >= 11 is 0. The predicted molar refractivity (Wildman–Crippen MR) is 78.5 cm³/mol. The van der Waals surface area contributed by atoms with Gasteiger partial charge < -0.3 is 0 Å². The second kappa shape index (κ2) is 5.69. The van der Waals surface area contributed by atoms with Gasteiger partial charge in [-0.15, -0.1) is 0 Å². The Balaban J connectivity index is 2.10. The van der Waals surface area contributed by atoms with Crippen molar-refractivity contribution in [2.75, 3.05) is 5.43 Å². The molecule has 2 N–H and O–H groups in total. The number of amides is 1. The third kappa shape index (κ3) is 3.12. The van der Waals surface area contributed by atoms with Crippen molar-refractivity contribution in [1.82, 2.24) is 15.4 Å². The lowest BCUT2D eigenvalue weighted by molar-refractivity contribution is 0.0961. The van der Waals surface area contributed by atoms with Crippen molar-refractivity contribution in [2.45, 2.75) is 27.7 Å². The minimum absolute atomic E-state index is 0.200. The quantitative estimate of drug-likeness (QED) is 0.841. The highest BCUT2D eigenvalue weighted by Gasteiger charge is 2.10. The maximum absolute atomic E-state index is 12.1. The Labute approximate surface area is 118 Å². The number of carbonyl (C=O) groups is 1. The summed E-state index contributed by atoms with van der Waals surface area (Å²) in [5, 5.41) is 0. The first-order valence-electron chi connectivity index (χ1n) is 6.42. The van der Waals surface area contributed by atoms with Crippen molar-refractivity contribution in [1.29, 1.82) is 0 Å². The molecule has 0 saturated carbocycles. The average molecular weight is 270 g/mol. The highest BCUT2D eigenvalue weighted by Crippen LogP contribution is 2.12. The van der Waals surface area contributed by atoms with Crippen LogP contribution in [0.5, 0.6) is 0 Å². The van der Waals surface area contributed by atoms with Gasteiger partial charge in [-0.1, -0.05) is 12.1 Å². The number of hydrogen-bond donors (Lipinski definition) is 2. The zero-order chi connectivity index (χ0) is 14.7. The SMILES string of the molecule is Cc1cc(C)nc(NNC(=O)c2cccc(C)c2C)n1. The average Bonchev–Trinajstić information content (AvgIpc) is 2.38. The van der Waals surface area contributed by atoms with Gasteiger partial charge in [0.05, 0.1) is 0 Å². The van der Waals surface area contributed by atoms with Crippen LogP contribution in [0.25, 0.3) is 0 Å². The van der Waals surface area contributed by atoms with E-state index < -0.39 is 0 Å². The zero-order valence-electron chi connectivity index (χ0n) is 12.1. The van der Waals surface area contributed by atoms with Gasteiger partial charge in [0.25, 0.3) is 5.91 Å². The number of aromatic nitrogens is 2. The Kier molecular flexibility index (Phi) is 3.98. The smallest absolute Gasteiger partial charge is 0.267 e. The van der Waals surface area contributed by atoms with Crippen LogP contribution in [0.3, 0.4) is 0 Å². The first kappa shape index (κ1) is 14.0. The molecule has 1 amide bonds. The summed E-state index contributed by atoms with van der Waals surface area (Å²) in [5.41, 5.74) is 9.76. The molecule has 0 bridgehead atoms. The molecule has 20 heavy (non-hydrogen) atoms. The molecule has 1 heterocycles. The Morgan fingerprint density at radius 1 is 1.05 bits per heavy atom.